The van der Waals surface area contributed by atoms with E-state index in [4.69, 9.17) is 0 Å². The van der Waals surface area contributed by atoms with E-state index in [-0.39, 0.29) is 0 Å². The predicted molar refractivity (Wildman–Crippen MR) is 51.2 cm³/mol. The van der Waals surface area contributed by atoms with E-state index in [1.165, 1.54) is 5.41 Å². The lowest BCUT2D eigenvalue weighted by molar-refractivity contribution is 0.500. The first kappa shape index (κ1) is 7.86. The molecule has 0 saturated heterocycles. The number of hydrogen-bond acceptors (Lipinski definition) is 2. The van der Waals surface area contributed by atoms with Gasteiger partial charge < -0.3 is 0 Å². The van der Waals surface area contributed by atoms with E-state index in [2.05, 4.69) is 0 Å². The van der Waals surface area contributed by atoms with E-state index in [0.29, 0.717) is 4.90 Å². The summed E-state index contributed by atoms with van der Waals surface area (Å²) < 4.78 is 19.2. The van der Waals surface area contributed by atoms with Crippen LogP contribution in [0.25, 0.3) is 5.57 Å². The maximum Gasteiger partial charge on any atom is 0.0705 e. The van der Waals surface area contributed by atoms with Gasteiger partial charge in [-0.05, 0) is 18.6 Å². The fraction of sp³-hybridized carbons (Fsp3) is 0.111. The first-order valence-corrected chi connectivity index (χ1v) is 5.28. The zero-order valence-electron chi connectivity index (χ0n) is 6.69. The van der Waals surface area contributed by atoms with Crippen molar-refractivity contribution in [3.05, 3.63) is 35.2 Å². The molecule has 0 spiro atoms. The van der Waals surface area contributed by atoms with Crippen molar-refractivity contribution in [2.45, 2.75) is 11.8 Å². The summed E-state index contributed by atoms with van der Waals surface area (Å²) in [4.78, 5) is 0.655. The molecule has 0 unspecified atom stereocenters. The Hall–Kier alpha value is -0.770. The van der Waals surface area contributed by atoms with Gasteiger partial charge in [-0.15, -0.1) is 10.6 Å². The highest BCUT2D eigenvalue weighted by Crippen LogP contribution is 2.58. The maximum atomic E-state index is 9.58. The zero-order chi connectivity index (χ0) is 8.77. The molecule has 64 valence electrons. The van der Waals surface area contributed by atoms with Gasteiger partial charge in [-0.2, -0.15) is 0 Å². The Morgan fingerprint density at radius 1 is 1.17 bits per heavy atom. The molecule has 1 aromatic carbocycles. The minimum atomic E-state index is -2.62. The number of rotatable bonds is 0. The summed E-state index contributed by atoms with van der Waals surface area (Å²) in [6.07, 6.45) is 0. The van der Waals surface area contributed by atoms with Gasteiger partial charge >= 0.3 is 0 Å². The largest absolute Gasteiger partial charge is 0.291 e. The molecule has 2 rings (SSSR count). The molecule has 3 heteroatoms. The van der Waals surface area contributed by atoms with E-state index in [9.17, 15) is 9.11 Å². The normalized spacial score (nSPS) is 21.4. The minimum absolute atomic E-state index is 0.655. The van der Waals surface area contributed by atoms with Crippen LogP contribution in [0.1, 0.15) is 12.5 Å². The van der Waals surface area contributed by atoms with Crippen LogP contribution in [-0.4, -0.2) is 9.11 Å². The molecular weight excluding hydrogens is 172 g/mol. The molecule has 1 aliphatic rings. The monoisotopic (exact) mass is 182 g/mol. The van der Waals surface area contributed by atoms with Crippen molar-refractivity contribution in [3.8, 4) is 0 Å². The van der Waals surface area contributed by atoms with E-state index in [0.717, 1.165) is 11.1 Å². The third kappa shape index (κ3) is 0.982. The van der Waals surface area contributed by atoms with E-state index in [1.807, 2.05) is 25.1 Å². The van der Waals surface area contributed by atoms with Crippen molar-refractivity contribution in [2.24, 2.45) is 0 Å². The summed E-state index contributed by atoms with van der Waals surface area (Å²) in [7, 11) is -2.62. The molecule has 0 fully saturated rings. The maximum absolute atomic E-state index is 9.58. The van der Waals surface area contributed by atoms with Crippen LogP contribution < -0.4 is 0 Å². The first-order valence-electron chi connectivity index (χ1n) is 3.67. The summed E-state index contributed by atoms with van der Waals surface area (Å²) in [6, 6.07) is 7.39. The van der Waals surface area contributed by atoms with E-state index in [1.54, 1.807) is 6.07 Å². The second kappa shape index (κ2) is 2.36. The molecule has 0 bridgehead atoms. The van der Waals surface area contributed by atoms with Crippen molar-refractivity contribution in [1.29, 1.82) is 0 Å². The summed E-state index contributed by atoms with van der Waals surface area (Å²) in [5.41, 5.74) is 1.91. The zero-order valence-corrected chi connectivity index (χ0v) is 7.51. The number of benzene rings is 1. The van der Waals surface area contributed by atoms with Crippen LogP contribution in [0, 0.1) is 0 Å². The second-order valence-electron chi connectivity index (χ2n) is 2.89. The Morgan fingerprint density at radius 3 is 2.50 bits per heavy atom. The average Bonchev–Trinajstić information content (AvgIpc) is 2.25. The Bertz CT molecular complexity index is 355. The van der Waals surface area contributed by atoms with Gasteiger partial charge in [0.05, 0.1) is 4.90 Å². The van der Waals surface area contributed by atoms with Crippen molar-refractivity contribution < 1.29 is 9.11 Å². The molecule has 1 aromatic rings. The van der Waals surface area contributed by atoms with Gasteiger partial charge in [0.15, 0.2) is 0 Å². The summed E-state index contributed by atoms with van der Waals surface area (Å²) >= 11 is 0. The molecule has 0 aromatic heterocycles. The quantitative estimate of drug-likeness (QED) is 0.647. The average molecular weight is 182 g/mol. The van der Waals surface area contributed by atoms with Crippen LogP contribution in [0.5, 0.6) is 0 Å². The van der Waals surface area contributed by atoms with Crippen LogP contribution in [0.2, 0.25) is 0 Å². The lowest BCUT2D eigenvalue weighted by Gasteiger charge is -2.24. The SMILES string of the molecule is CC1=CS(O)(O)c2ccccc21. The second-order valence-corrected chi connectivity index (χ2v) is 4.75. The number of fused-ring (bicyclic) bond motifs is 1. The minimum Gasteiger partial charge on any atom is -0.291 e. The van der Waals surface area contributed by atoms with Crippen LogP contribution >= 0.6 is 10.6 Å². The molecule has 2 N–H and O–H groups in total. The molecule has 0 atom stereocenters. The standard InChI is InChI=1S/C9H10O2S/c1-7-6-12(10,11)9-5-3-2-4-8(7)9/h2-6,10-11H,1H3. The highest BCUT2D eigenvalue weighted by Gasteiger charge is 2.24. The molecule has 0 saturated carbocycles. The van der Waals surface area contributed by atoms with E-state index < -0.39 is 10.6 Å². The molecule has 2 nitrogen and oxygen atoms in total. The van der Waals surface area contributed by atoms with Crippen molar-refractivity contribution >= 4 is 16.2 Å². The van der Waals surface area contributed by atoms with Crippen LogP contribution in [0.15, 0.2) is 34.6 Å². The molecule has 0 aliphatic carbocycles. The topological polar surface area (TPSA) is 40.5 Å². The van der Waals surface area contributed by atoms with Gasteiger partial charge in [0.25, 0.3) is 0 Å². The predicted octanol–water partition coefficient (Wildman–Crippen LogP) is 3.17. The Morgan fingerprint density at radius 2 is 1.83 bits per heavy atom. The number of hydrogen-bond donors (Lipinski definition) is 2. The summed E-state index contributed by atoms with van der Waals surface area (Å²) in [6.45, 7) is 1.89. The fourth-order valence-electron chi connectivity index (χ4n) is 1.43. The van der Waals surface area contributed by atoms with Gasteiger partial charge in [0.1, 0.15) is 0 Å². The lowest BCUT2D eigenvalue weighted by atomic mass is 10.1. The van der Waals surface area contributed by atoms with Gasteiger partial charge in [-0.1, -0.05) is 18.2 Å². The molecule has 1 aliphatic heterocycles. The smallest absolute Gasteiger partial charge is 0.0705 e. The van der Waals surface area contributed by atoms with Crippen LogP contribution in [0.3, 0.4) is 0 Å². The van der Waals surface area contributed by atoms with Crippen LogP contribution in [0.4, 0.5) is 0 Å². The third-order valence-corrected chi connectivity index (χ3v) is 3.66. The van der Waals surface area contributed by atoms with Gasteiger partial charge in [0.2, 0.25) is 0 Å². The van der Waals surface area contributed by atoms with Gasteiger partial charge in [-0.25, -0.2) is 0 Å². The Labute approximate surface area is 72.9 Å². The molecule has 12 heavy (non-hydrogen) atoms. The van der Waals surface area contributed by atoms with Gasteiger partial charge in [0, 0.05) is 11.0 Å². The first-order chi connectivity index (χ1) is 5.61. The van der Waals surface area contributed by atoms with Crippen molar-refractivity contribution in [1.82, 2.24) is 0 Å². The lowest BCUT2D eigenvalue weighted by Crippen LogP contribution is -1.90. The highest BCUT2D eigenvalue weighted by molar-refractivity contribution is 8.27. The van der Waals surface area contributed by atoms with E-state index >= 15 is 0 Å². The summed E-state index contributed by atoms with van der Waals surface area (Å²) in [5, 5.41) is 1.54. The highest BCUT2D eigenvalue weighted by atomic mass is 32.3. The molecule has 0 amide bonds. The molecular formula is C9H10O2S. The molecule has 0 radical (unpaired) electrons. The summed E-state index contributed by atoms with van der Waals surface area (Å²) in [5.74, 6) is 0. The molecule has 1 heterocycles. The van der Waals surface area contributed by atoms with Crippen LogP contribution in [-0.2, 0) is 0 Å². The van der Waals surface area contributed by atoms with Crippen molar-refractivity contribution in [2.75, 3.05) is 0 Å². The third-order valence-electron chi connectivity index (χ3n) is 1.98. The fourth-order valence-corrected chi connectivity index (χ4v) is 3.01. The Balaban J connectivity index is 2.68. The van der Waals surface area contributed by atoms with Crippen molar-refractivity contribution in [3.63, 3.8) is 0 Å². The Kier molecular flexibility index (Phi) is 1.54. The van der Waals surface area contributed by atoms with Gasteiger partial charge in [-0.3, -0.25) is 9.11 Å². The number of allylic oxidation sites excluding steroid dienone is 1.